The van der Waals surface area contributed by atoms with Gasteiger partial charge in [0, 0.05) is 6.04 Å². The molecule has 0 aromatic rings. The van der Waals surface area contributed by atoms with Gasteiger partial charge in [-0.05, 0) is 48.6 Å². The van der Waals surface area contributed by atoms with Crippen molar-refractivity contribution in [2.75, 3.05) is 13.1 Å². The van der Waals surface area contributed by atoms with Crippen molar-refractivity contribution in [2.24, 2.45) is 28.4 Å². The highest BCUT2D eigenvalue weighted by molar-refractivity contribution is 5.12. The second-order valence-electron chi connectivity index (χ2n) is 7.36. The second kappa shape index (κ2) is 4.55. The minimum absolute atomic E-state index is 0.441. The average molecular weight is 238 g/mol. The van der Waals surface area contributed by atoms with E-state index in [0.29, 0.717) is 22.8 Å². The number of rotatable bonds is 4. The van der Waals surface area contributed by atoms with Gasteiger partial charge >= 0.3 is 0 Å². The minimum Gasteiger partial charge on any atom is -0.327 e. The lowest BCUT2D eigenvalue weighted by Crippen LogP contribution is -2.40. The molecule has 0 amide bonds. The highest BCUT2D eigenvalue weighted by atomic mass is 14.9. The van der Waals surface area contributed by atoms with Gasteiger partial charge in [0.15, 0.2) is 0 Å². The van der Waals surface area contributed by atoms with E-state index in [1.54, 1.807) is 0 Å². The van der Waals surface area contributed by atoms with Crippen LogP contribution in [0.4, 0.5) is 0 Å². The van der Waals surface area contributed by atoms with Crippen LogP contribution in [-0.4, -0.2) is 19.1 Å². The van der Waals surface area contributed by atoms with Crippen LogP contribution in [0, 0.1) is 22.7 Å². The normalized spacial score (nSPS) is 35.8. The Bertz CT molecular complexity index is 256. The summed E-state index contributed by atoms with van der Waals surface area (Å²) in [5, 5.41) is 3.68. The van der Waals surface area contributed by atoms with Gasteiger partial charge < -0.3 is 11.1 Å². The molecule has 0 aromatic carbocycles. The Hall–Kier alpha value is -0.0800. The summed E-state index contributed by atoms with van der Waals surface area (Å²) in [6.45, 7) is 11.9. The zero-order valence-electron chi connectivity index (χ0n) is 12.1. The molecule has 2 unspecified atom stereocenters. The highest BCUT2D eigenvalue weighted by Crippen LogP contribution is 2.67. The van der Waals surface area contributed by atoms with E-state index in [0.717, 1.165) is 12.5 Å². The number of hydrogen-bond donors (Lipinski definition) is 2. The van der Waals surface area contributed by atoms with Crippen LogP contribution in [-0.2, 0) is 0 Å². The molecular formula is C15H30N2. The molecule has 0 radical (unpaired) electrons. The van der Waals surface area contributed by atoms with Crippen LogP contribution in [0.5, 0.6) is 0 Å². The van der Waals surface area contributed by atoms with Crippen LogP contribution in [0.2, 0.25) is 0 Å². The molecule has 0 aliphatic heterocycles. The first-order valence-electron chi connectivity index (χ1n) is 7.33. The number of nitrogens with two attached hydrogens (primary N) is 1. The van der Waals surface area contributed by atoms with Gasteiger partial charge in [-0.3, -0.25) is 0 Å². The predicted molar refractivity (Wildman–Crippen MR) is 73.9 cm³/mol. The summed E-state index contributed by atoms with van der Waals surface area (Å²) in [5.74, 6) is 1.54. The SMILES string of the molecule is CC1(C)C(CNCC2CCCCC2N)C1(C)C. The first kappa shape index (κ1) is 13.4. The molecule has 2 fully saturated rings. The van der Waals surface area contributed by atoms with Crippen molar-refractivity contribution in [3.05, 3.63) is 0 Å². The summed E-state index contributed by atoms with van der Waals surface area (Å²) in [4.78, 5) is 0. The minimum atomic E-state index is 0.441. The smallest absolute Gasteiger partial charge is 0.00792 e. The zero-order valence-corrected chi connectivity index (χ0v) is 12.1. The first-order valence-corrected chi connectivity index (χ1v) is 7.33. The Morgan fingerprint density at radius 3 is 2.12 bits per heavy atom. The predicted octanol–water partition coefficient (Wildman–Crippen LogP) is 2.78. The van der Waals surface area contributed by atoms with Crippen LogP contribution in [0.25, 0.3) is 0 Å². The van der Waals surface area contributed by atoms with Crippen molar-refractivity contribution < 1.29 is 0 Å². The lowest BCUT2D eigenvalue weighted by molar-refractivity contribution is 0.293. The van der Waals surface area contributed by atoms with Crippen molar-refractivity contribution in [1.82, 2.24) is 5.32 Å². The molecule has 2 aliphatic rings. The number of nitrogens with one attached hydrogen (secondary N) is 1. The molecule has 0 saturated heterocycles. The van der Waals surface area contributed by atoms with Gasteiger partial charge in [-0.2, -0.15) is 0 Å². The molecule has 3 N–H and O–H groups in total. The van der Waals surface area contributed by atoms with Gasteiger partial charge in [0.2, 0.25) is 0 Å². The monoisotopic (exact) mass is 238 g/mol. The van der Waals surface area contributed by atoms with Gasteiger partial charge in [0.25, 0.3) is 0 Å². The van der Waals surface area contributed by atoms with E-state index < -0.39 is 0 Å². The van der Waals surface area contributed by atoms with Crippen LogP contribution in [0.1, 0.15) is 53.4 Å². The van der Waals surface area contributed by atoms with Gasteiger partial charge in [-0.25, -0.2) is 0 Å². The molecule has 0 heterocycles. The maximum Gasteiger partial charge on any atom is 0.00792 e. The summed E-state index contributed by atoms with van der Waals surface area (Å²) >= 11 is 0. The van der Waals surface area contributed by atoms with E-state index in [-0.39, 0.29) is 0 Å². The second-order valence-corrected chi connectivity index (χ2v) is 7.36. The highest BCUT2D eigenvalue weighted by Gasteiger charge is 2.63. The topological polar surface area (TPSA) is 38.0 Å². The van der Waals surface area contributed by atoms with Crippen molar-refractivity contribution in [2.45, 2.75) is 59.4 Å². The molecular weight excluding hydrogens is 208 g/mol. The van der Waals surface area contributed by atoms with Crippen LogP contribution < -0.4 is 11.1 Å². The average Bonchev–Trinajstić information content (AvgIpc) is 2.63. The van der Waals surface area contributed by atoms with E-state index in [2.05, 4.69) is 33.0 Å². The molecule has 2 heteroatoms. The van der Waals surface area contributed by atoms with Crippen molar-refractivity contribution >= 4 is 0 Å². The molecule has 0 spiro atoms. The molecule has 0 aromatic heterocycles. The van der Waals surface area contributed by atoms with Crippen molar-refractivity contribution in [3.63, 3.8) is 0 Å². The van der Waals surface area contributed by atoms with E-state index in [1.165, 1.54) is 32.2 Å². The van der Waals surface area contributed by atoms with E-state index >= 15 is 0 Å². The van der Waals surface area contributed by atoms with Gasteiger partial charge in [0.05, 0.1) is 0 Å². The number of hydrogen-bond acceptors (Lipinski definition) is 2. The zero-order chi connectivity index (χ0) is 12.7. The molecule has 17 heavy (non-hydrogen) atoms. The van der Waals surface area contributed by atoms with Crippen LogP contribution in [0.3, 0.4) is 0 Å². The fourth-order valence-electron chi connectivity index (χ4n) is 3.75. The van der Waals surface area contributed by atoms with E-state index in [9.17, 15) is 0 Å². The van der Waals surface area contributed by atoms with Crippen molar-refractivity contribution in [3.8, 4) is 0 Å². The third kappa shape index (κ3) is 2.39. The Morgan fingerprint density at radius 2 is 1.59 bits per heavy atom. The first-order chi connectivity index (χ1) is 7.87. The maximum atomic E-state index is 6.18. The molecule has 2 aliphatic carbocycles. The van der Waals surface area contributed by atoms with E-state index in [1.807, 2.05) is 0 Å². The van der Waals surface area contributed by atoms with Gasteiger partial charge in [-0.1, -0.05) is 40.5 Å². The Labute approximate surface area is 107 Å². The summed E-state index contributed by atoms with van der Waals surface area (Å²) < 4.78 is 0. The molecule has 2 nitrogen and oxygen atoms in total. The summed E-state index contributed by atoms with van der Waals surface area (Å²) in [5.41, 5.74) is 7.20. The van der Waals surface area contributed by atoms with Gasteiger partial charge in [-0.15, -0.1) is 0 Å². The fourth-order valence-corrected chi connectivity index (χ4v) is 3.75. The molecule has 0 bridgehead atoms. The van der Waals surface area contributed by atoms with Crippen LogP contribution in [0.15, 0.2) is 0 Å². The fraction of sp³-hybridized carbons (Fsp3) is 1.00. The van der Waals surface area contributed by atoms with Crippen LogP contribution >= 0.6 is 0 Å². The van der Waals surface area contributed by atoms with Crippen molar-refractivity contribution in [1.29, 1.82) is 0 Å². The third-order valence-corrected chi connectivity index (χ3v) is 6.04. The quantitative estimate of drug-likeness (QED) is 0.790. The summed E-state index contributed by atoms with van der Waals surface area (Å²) in [6, 6.07) is 0.441. The van der Waals surface area contributed by atoms with Gasteiger partial charge in [0.1, 0.15) is 0 Å². The standard InChI is InChI=1S/C15H30N2/c1-14(2)13(15(14,3)4)10-17-9-11-7-5-6-8-12(11)16/h11-13,17H,5-10,16H2,1-4H3. The largest absolute Gasteiger partial charge is 0.327 e. The Balaban J connectivity index is 1.70. The van der Waals surface area contributed by atoms with E-state index in [4.69, 9.17) is 5.73 Å². The summed E-state index contributed by atoms with van der Waals surface area (Å²) in [6.07, 6.45) is 5.26. The molecule has 2 atom stereocenters. The third-order valence-electron chi connectivity index (χ3n) is 6.04. The Morgan fingerprint density at radius 1 is 1.00 bits per heavy atom. The Kier molecular flexibility index (Phi) is 3.57. The molecule has 2 saturated carbocycles. The molecule has 100 valence electrons. The lowest BCUT2D eigenvalue weighted by atomic mass is 9.85. The molecule has 2 rings (SSSR count). The lowest BCUT2D eigenvalue weighted by Gasteiger charge is -2.28. The maximum absolute atomic E-state index is 6.18. The summed E-state index contributed by atoms with van der Waals surface area (Å²) in [7, 11) is 0.